The van der Waals surface area contributed by atoms with E-state index in [-0.39, 0.29) is 18.3 Å². The maximum Gasteiger partial charge on any atom is 0.265 e. The van der Waals surface area contributed by atoms with Crippen LogP contribution in [0.25, 0.3) is 0 Å². The molecule has 0 unspecified atom stereocenters. The van der Waals surface area contributed by atoms with Crippen molar-refractivity contribution in [1.29, 1.82) is 0 Å². The van der Waals surface area contributed by atoms with E-state index < -0.39 is 0 Å². The molecular weight excluding hydrogens is 278 g/mol. The summed E-state index contributed by atoms with van der Waals surface area (Å²) in [6.07, 6.45) is 0. The third-order valence-corrected chi connectivity index (χ3v) is 3.35. The minimum Gasteiger partial charge on any atom is -0.508 e. The molecule has 102 valence electrons. The van der Waals surface area contributed by atoms with Gasteiger partial charge in [-0.05, 0) is 29.8 Å². The fourth-order valence-corrected chi connectivity index (χ4v) is 2.40. The van der Waals surface area contributed by atoms with Crippen LogP contribution in [-0.2, 0) is 11.3 Å². The molecule has 1 N–H and O–H groups in total. The summed E-state index contributed by atoms with van der Waals surface area (Å²) < 4.78 is 5.33. The number of amides is 1. The normalized spacial score (nSPS) is 13.8. The summed E-state index contributed by atoms with van der Waals surface area (Å²) >= 11 is 5.96. The summed E-state index contributed by atoms with van der Waals surface area (Å²) in [5.41, 5.74) is 1.59. The van der Waals surface area contributed by atoms with Gasteiger partial charge in [0, 0.05) is 11.1 Å². The van der Waals surface area contributed by atoms with Gasteiger partial charge in [0.25, 0.3) is 5.91 Å². The van der Waals surface area contributed by atoms with Crippen LogP contribution in [0.5, 0.6) is 11.5 Å². The molecule has 2 aromatic carbocycles. The van der Waals surface area contributed by atoms with Crippen LogP contribution in [0.3, 0.4) is 0 Å². The molecule has 0 aromatic heterocycles. The topological polar surface area (TPSA) is 49.8 Å². The van der Waals surface area contributed by atoms with Gasteiger partial charge in [0.05, 0.1) is 12.2 Å². The maximum atomic E-state index is 12.0. The number of hydrogen-bond acceptors (Lipinski definition) is 3. The number of rotatable bonds is 2. The van der Waals surface area contributed by atoms with Gasteiger partial charge in [-0.2, -0.15) is 0 Å². The summed E-state index contributed by atoms with van der Waals surface area (Å²) in [7, 11) is 0. The SMILES string of the molecule is O=C1COc2cc(O)ccc2N1Cc1cccc(Cl)c1. The van der Waals surface area contributed by atoms with Crippen LogP contribution in [0, 0.1) is 0 Å². The van der Waals surface area contributed by atoms with Gasteiger partial charge in [0.2, 0.25) is 0 Å². The number of anilines is 1. The summed E-state index contributed by atoms with van der Waals surface area (Å²) in [6.45, 7) is 0.386. The van der Waals surface area contributed by atoms with Crippen LogP contribution in [0.2, 0.25) is 5.02 Å². The zero-order valence-electron chi connectivity index (χ0n) is 10.5. The molecule has 0 atom stereocenters. The van der Waals surface area contributed by atoms with Crippen LogP contribution < -0.4 is 9.64 Å². The lowest BCUT2D eigenvalue weighted by molar-refractivity contribution is -0.121. The predicted molar refractivity (Wildman–Crippen MR) is 76.2 cm³/mol. The number of carbonyl (C=O) groups is 1. The number of fused-ring (bicyclic) bond motifs is 1. The fraction of sp³-hybridized carbons (Fsp3) is 0.133. The number of carbonyl (C=O) groups excluding carboxylic acids is 1. The highest BCUT2D eigenvalue weighted by Gasteiger charge is 2.25. The highest BCUT2D eigenvalue weighted by Crippen LogP contribution is 2.35. The summed E-state index contributed by atoms with van der Waals surface area (Å²) in [5.74, 6) is 0.496. The molecule has 4 nitrogen and oxygen atoms in total. The van der Waals surface area contributed by atoms with E-state index in [1.165, 1.54) is 12.1 Å². The molecular formula is C15H12ClNO3. The molecule has 0 spiro atoms. The molecule has 20 heavy (non-hydrogen) atoms. The standard InChI is InChI=1S/C15H12ClNO3/c16-11-3-1-2-10(6-11)8-17-13-5-4-12(18)7-14(13)20-9-15(17)19/h1-7,18H,8-9H2. The van der Waals surface area contributed by atoms with E-state index >= 15 is 0 Å². The maximum absolute atomic E-state index is 12.0. The zero-order chi connectivity index (χ0) is 14.1. The van der Waals surface area contributed by atoms with E-state index in [0.717, 1.165) is 5.56 Å². The molecule has 2 aromatic rings. The third kappa shape index (κ3) is 2.42. The molecule has 1 aliphatic rings. The van der Waals surface area contributed by atoms with Crippen molar-refractivity contribution in [2.45, 2.75) is 6.54 Å². The first-order chi connectivity index (χ1) is 9.63. The summed E-state index contributed by atoms with van der Waals surface area (Å²) in [5, 5.41) is 10.1. The van der Waals surface area contributed by atoms with Gasteiger partial charge in [-0.3, -0.25) is 4.79 Å². The predicted octanol–water partition coefficient (Wildman–Crippen LogP) is 2.97. The molecule has 0 bridgehead atoms. The largest absolute Gasteiger partial charge is 0.508 e. The number of nitrogens with zero attached hydrogens (tertiary/aromatic N) is 1. The van der Waals surface area contributed by atoms with Crippen LogP contribution in [-0.4, -0.2) is 17.6 Å². The molecule has 1 aliphatic heterocycles. The zero-order valence-corrected chi connectivity index (χ0v) is 11.3. The van der Waals surface area contributed by atoms with E-state index in [9.17, 15) is 9.90 Å². The second kappa shape index (κ2) is 5.06. The van der Waals surface area contributed by atoms with Gasteiger partial charge < -0.3 is 14.7 Å². The van der Waals surface area contributed by atoms with Gasteiger partial charge in [-0.25, -0.2) is 0 Å². The van der Waals surface area contributed by atoms with Crippen LogP contribution >= 0.6 is 11.6 Å². The van der Waals surface area contributed by atoms with Gasteiger partial charge >= 0.3 is 0 Å². The van der Waals surface area contributed by atoms with Crippen molar-refractivity contribution in [3.8, 4) is 11.5 Å². The number of halogens is 1. The van der Waals surface area contributed by atoms with E-state index in [4.69, 9.17) is 16.3 Å². The molecule has 0 aliphatic carbocycles. The average molecular weight is 290 g/mol. The third-order valence-electron chi connectivity index (χ3n) is 3.12. The Labute approximate surface area is 121 Å². The molecule has 0 fully saturated rings. The molecule has 1 amide bonds. The quantitative estimate of drug-likeness (QED) is 0.925. The van der Waals surface area contributed by atoms with E-state index in [1.807, 2.05) is 18.2 Å². The van der Waals surface area contributed by atoms with Crippen molar-refractivity contribution in [2.24, 2.45) is 0 Å². The first-order valence-corrected chi connectivity index (χ1v) is 6.52. The van der Waals surface area contributed by atoms with Gasteiger partial charge in [-0.1, -0.05) is 23.7 Å². The Morgan fingerprint density at radius 3 is 2.90 bits per heavy atom. The number of hydrogen-bond donors (Lipinski definition) is 1. The first-order valence-electron chi connectivity index (χ1n) is 6.14. The average Bonchev–Trinajstić information content (AvgIpc) is 2.42. The van der Waals surface area contributed by atoms with Crippen LogP contribution in [0.4, 0.5) is 5.69 Å². The van der Waals surface area contributed by atoms with E-state index in [0.29, 0.717) is 23.0 Å². The molecule has 0 radical (unpaired) electrons. The Morgan fingerprint density at radius 2 is 2.10 bits per heavy atom. The second-order valence-corrected chi connectivity index (χ2v) is 4.99. The number of ether oxygens (including phenoxy) is 1. The Bertz CT molecular complexity index is 672. The highest BCUT2D eigenvalue weighted by molar-refractivity contribution is 6.30. The lowest BCUT2D eigenvalue weighted by Crippen LogP contribution is -2.38. The van der Waals surface area contributed by atoms with Gasteiger partial charge in [0.15, 0.2) is 6.61 Å². The molecule has 1 heterocycles. The minimum atomic E-state index is -0.122. The number of benzene rings is 2. The smallest absolute Gasteiger partial charge is 0.265 e. The Balaban J connectivity index is 1.95. The second-order valence-electron chi connectivity index (χ2n) is 4.55. The molecule has 3 rings (SSSR count). The number of phenolic OH excluding ortho intramolecular Hbond substituents is 1. The summed E-state index contributed by atoms with van der Waals surface area (Å²) in [6, 6.07) is 12.1. The summed E-state index contributed by atoms with van der Waals surface area (Å²) in [4.78, 5) is 13.7. The number of aromatic hydroxyl groups is 1. The van der Waals surface area contributed by atoms with Crippen molar-refractivity contribution in [1.82, 2.24) is 0 Å². The van der Waals surface area contributed by atoms with Crippen molar-refractivity contribution < 1.29 is 14.6 Å². The highest BCUT2D eigenvalue weighted by atomic mass is 35.5. The minimum absolute atomic E-state index is 0.0307. The van der Waals surface area contributed by atoms with Gasteiger partial charge in [-0.15, -0.1) is 0 Å². The molecule has 0 saturated carbocycles. The van der Waals surface area contributed by atoms with Crippen molar-refractivity contribution in [2.75, 3.05) is 11.5 Å². The first kappa shape index (κ1) is 12.8. The van der Waals surface area contributed by atoms with Gasteiger partial charge in [0.1, 0.15) is 11.5 Å². The van der Waals surface area contributed by atoms with Crippen molar-refractivity contribution in [3.05, 3.63) is 53.1 Å². The Hall–Kier alpha value is -2.20. The molecule has 0 saturated heterocycles. The van der Waals surface area contributed by atoms with Crippen molar-refractivity contribution >= 4 is 23.2 Å². The van der Waals surface area contributed by atoms with Crippen LogP contribution in [0.15, 0.2) is 42.5 Å². The lowest BCUT2D eigenvalue weighted by Gasteiger charge is -2.29. The monoisotopic (exact) mass is 289 g/mol. The lowest BCUT2D eigenvalue weighted by atomic mass is 10.1. The molecule has 5 heteroatoms. The van der Waals surface area contributed by atoms with Crippen LogP contribution in [0.1, 0.15) is 5.56 Å². The number of phenols is 1. The fourth-order valence-electron chi connectivity index (χ4n) is 2.18. The van der Waals surface area contributed by atoms with E-state index in [1.54, 1.807) is 17.0 Å². The Kier molecular flexibility index (Phi) is 3.24. The van der Waals surface area contributed by atoms with E-state index in [2.05, 4.69) is 0 Å². The Morgan fingerprint density at radius 1 is 1.25 bits per heavy atom. The van der Waals surface area contributed by atoms with Crippen molar-refractivity contribution in [3.63, 3.8) is 0 Å².